The molecule has 7 nitrogen and oxygen atoms in total. The maximum absolute atomic E-state index is 12.2. The van der Waals surface area contributed by atoms with Crippen molar-refractivity contribution in [2.45, 2.75) is 39.2 Å². The molecule has 0 aromatic rings. The van der Waals surface area contributed by atoms with E-state index in [0.29, 0.717) is 0 Å². The van der Waals surface area contributed by atoms with Crippen LogP contribution in [0.5, 0.6) is 0 Å². The van der Waals surface area contributed by atoms with Crippen molar-refractivity contribution in [1.82, 2.24) is 10.3 Å². The highest BCUT2D eigenvalue weighted by Crippen LogP contribution is 2.16. The van der Waals surface area contributed by atoms with Crippen molar-refractivity contribution >= 4 is 23.5 Å². The summed E-state index contributed by atoms with van der Waals surface area (Å²) < 4.78 is 0. The van der Waals surface area contributed by atoms with Crippen LogP contribution in [0.2, 0.25) is 0 Å². The van der Waals surface area contributed by atoms with Gasteiger partial charge in [0.2, 0.25) is 5.91 Å². The predicted octanol–water partition coefficient (Wildman–Crippen LogP) is -0.0359. The Balaban J connectivity index is 2.93. The Hall–Kier alpha value is -1.92. The maximum Gasteiger partial charge on any atom is 0.329 e. The summed E-state index contributed by atoms with van der Waals surface area (Å²) in [6, 6.07) is 0. The zero-order valence-corrected chi connectivity index (χ0v) is 10.7. The Morgan fingerprint density at radius 1 is 1.44 bits per heavy atom. The van der Waals surface area contributed by atoms with Gasteiger partial charge in [-0.1, -0.05) is 0 Å². The fraction of sp³-hybridized carbons (Fsp3) is 0.636. The summed E-state index contributed by atoms with van der Waals surface area (Å²) >= 11 is 0. The van der Waals surface area contributed by atoms with E-state index in [1.165, 1.54) is 18.7 Å². The predicted molar refractivity (Wildman–Crippen MR) is 63.9 cm³/mol. The standard InChI is InChI=1S/C11H17N3O4/c1-4-14(11(2,3)10(17)18)9(16)7-5-6-8(15)13-12-7/h4-6H2,1-3H3,(H,13,15)(H,17,18). The number of carboxylic acids is 1. The number of carbonyl (C=O) groups is 3. The van der Waals surface area contributed by atoms with Crippen molar-refractivity contribution in [1.29, 1.82) is 0 Å². The zero-order chi connectivity index (χ0) is 13.9. The highest BCUT2D eigenvalue weighted by atomic mass is 16.4. The second-order valence-electron chi connectivity index (χ2n) is 4.51. The summed E-state index contributed by atoms with van der Waals surface area (Å²) in [7, 11) is 0. The number of likely N-dealkylation sites (N-methyl/N-ethyl adjacent to an activating group) is 1. The van der Waals surface area contributed by atoms with Gasteiger partial charge >= 0.3 is 5.97 Å². The zero-order valence-electron chi connectivity index (χ0n) is 10.7. The first-order valence-corrected chi connectivity index (χ1v) is 5.71. The normalized spacial score (nSPS) is 15.7. The van der Waals surface area contributed by atoms with E-state index in [0.717, 1.165) is 0 Å². The van der Waals surface area contributed by atoms with Crippen LogP contribution in [0.15, 0.2) is 5.10 Å². The van der Waals surface area contributed by atoms with Gasteiger partial charge in [-0.2, -0.15) is 5.10 Å². The number of carbonyl (C=O) groups excluding carboxylic acids is 2. The molecule has 1 rings (SSSR count). The number of nitrogens with zero attached hydrogens (tertiary/aromatic N) is 2. The smallest absolute Gasteiger partial charge is 0.329 e. The minimum atomic E-state index is -1.31. The van der Waals surface area contributed by atoms with Crippen LogP contribution >= 0.6 is 0 Å². The van der Waals surface area contributed by atoms with Crippen molar-refractivity contribution in [3.63, 3.8) is 0 Å². The third-order valence-corrected chi connectivity index (χ3v) is 2.91. The fourth-order valence-corrected chi connectivity index (χ4v) is 1.69. The van der Waals surface area contributed by atoms with Crippen LogP contribution < -0.4 is 5.43 Å². The summed E-state index contributed by atoms with van der Waals surface area (Å²) in [5, 5.41) is 12.8. The van der Waals surface area contributed by atoms with Crippen LogP contribution in [0, 0.1) is 0 Å². The van der Waals surface area contributed by atoms with E-state index in [2.05, 4.69) is 10.5 Å². The van der Waals surface area contributed by atoms with Crippen molar-refractivity contribution in [2.75, 3.05) is 6.54 Å². The van der Waals surface area contributed by atoms with E-state index in [4.69, 9.17) is 5.11 Å². The second-order valence-corrected chi connectivity index (χ2v) is 4.51. The van der Waals surface area contributed by atoms with E-state index < -0.39 is 17.4 Å². The molecule has 0 spiro atoms. The number of amides is 2. The number of rotatable bonds is 4. The molecule has 1 heterocycles. The number of hydrogen-bond acceptors (Lipinski definition) is 4. The lowest BCUT2D eigenvalue weighted by Crippen LogP contribution is -2.55. The molecule has 0 saturated carbocycles. The molecular formula is C11H17N3O4. The minimum Gasteiger partial charge on any atom is -0.480 e. The van der Waals surface area contributed by atoms with Gasteiger partial charge in [-0.25, -0.2) is 10.2 Å². The highest BCUT2D eigenvalue weighted by Gasteiger charge is 2.38. The summed E-state index contributed by atoms with van der Waals surface area (Å²) in [5.74, 6) is -1.78. The van der Waals surface area contributed by atoms with Crippen LogP contribution in [0.4, 0.5) is 0 Å². The molecule has 0 aliphatic carbocycles. The minimum absolute atomic E-state index is 0.186. The number of carboxylic acid groups (broad SMARTS) is 1. The van der Waals surface area contributed by atoms with Gasteiger partial charge in [-0.3, -0.25) is 9.59 Å². The van der Waals surface area contributed by atoms with Crippen LogP contribution in [0.25, 0.3) is 0 Å². The van der Waals surface area contributed by atoms with Gasteiger partial charge in [0.1, 0.15) is 11.3 Å². The molecule has 0 unspecified atom stereocenters. The molecule has 0 aromatic heterocycles. The lowest BCUT2D eigenvalue weighted by Gasteiger charge is -2.34. The van der Waals surface area contributed by atoms with Crippen LogP contribution in [0.3, 0.4) is 0 Å². The second kappa shape index (κ2) is 5.16. The molecule has 1 aliphatic heterocycles. The molecule has 0 atom stereocenters. The first-order chi connectivity index (χ1) is 8.30. The Kier molecular flexibility index (Phi) is 4.05. The van der Waals surface area contributed by atoms with Crippen molar-refractivity contribution in [3.05, 3.63) is 0 Å². The number of nitrogens with one attached hydrogen (secondary N) is 1. The SMILES string of the molecule is CCN(C(=O)C1=NNC(=O)CC1)C(C)(C)C(=O)O. The summed E-state index contributed by atoms with van der Waals surface area (Å²) in [6.07, 6.45) is 0.423. The largest absolute Gasteiger partial charge is 0.480 e. The lowest BCUT2D eigenvalue weighted by atomic mass is 10.0. The van der Waals surface area contributed by atoms with Gasteiger partial charge in [0.15, 0.2) is 0 Å². The molecule has 0 bridgehead atoms. The van der Waals surface area contributed by atoms with E-state index in [-0.39, 0.29) is 31.0 Å². The molecule has 0 radical (unpaired) electrons. The van der Waals surface area contributed by atoms with Crippen molar-refractivity contribution in [3.8, 4) is 0 Å². The van der Waals surface area contributed by atoms with E-state index >= 15 is 0 Å². The molecular weight excluding hydrogens is 238 g/mol. The molecule has 0 aromatic carbocycles. The van der Waals surface area contributed by atoms with Gasteiger partial charge in [-0.15, -0.1) is 0 Å². The lowest BCUT2D eigenvalue weighted by molar-refractivity contribution is -0.154. The van der Waals surface area contributed by atoms with Gasteiger partial charge in [0, 0.05) is 19.4 Å². The molecule has 2 N–H and O–H groups in total. The Labute approximate surface area is 105 Å². The summed E-state index contributed by atoms with van der Waals surface area (Å²) in [6.45, 7) is 4.87. The number of hydrazone groups is 1. The Bertz CT molecular complexity index is 415. The molecule has 2 amide bonds. The van der Waals surface area contributed by atoms with E-state index in [9.17, 15) is 14.4 Å². The average Bonchev–Trinajstić information content (AvgIpc) is 2.30. The van der Waals surface area contributed by atoms with Crippen LogP contribution in [-0.2, 0) is 14.4 Å². The molecule has 100 valence electrons. The number of hydrogen-bond donors (Lipinski definition) is 2. The van der Waals surface area contributed by atoms with Gasteiger partial charge in [0.25, 0.3) is 5.91 Å². The van der Waals surface area contributed by atoms with E-state index in [1.54, 1.807) is 6.92 Å². The third-order valence-electron chi connectivity index (χ3n) is 2.91. The van der Waals surface area contributed by atoms with E-state index in [1.807, 2.05) is 0 Å². The summed E-state index contributed by atoms with van der Waals surface area (Å²) in [5.41, 5.74) is 1.10. The van der Waals surface area contributed by atoms with Gasteiger partial charge < -0.3 is 10.0 Å². The third kappa shape index (κ3) is 2.66. The Morgan fingerprint density at radius 3 is 2.44 bits per heavy atom. The Morgan fingerprint density at radius 2 is 2.06 bits per heavy atom. The number of aliphatic carboxylic acids is 1. The molecule has 1 aliphatic rings. The van der Waals surface area contributed by atoms with Crippen LogP contribution in [-0.4, -0.2) is 45.6 Å². The van der Waals surface area contributed by atoms with Gasteiger partial charge in [-0.05, 0) is 20.8 Å². The van der Waals surface area contributed by atoms with Crippen LogP contribution in [0.1, 0.15) is 33.6 Å². The quantitative estimate of drug-likeness (QED) is 0.736. The first kappa shape index (κ1) is 14.1. The maximum atomic E-state index is 12.2. The topological polar surface area (TPSA) is 99.1 Å². The summed E-state index contributed by atoms with van der Waals surface area (Å²) in [4.78, 5) is 35.5. The highest BCUT2D eigenvalue weighted by molar-refractivity contribution is 6.39. The molecule has 0 saturated heterocycles. The molecule has 18 heavy (non-hydrogen) atoms. The first-order valence-electron chi connectivity index (χ1n) is 5.71. The molecule has 0 fully saturated rings. The van der Waals surface area contributed by atoms with Crippen molar-refractivity contribution in [2.24, 2.45) is 5.10 Å². The monoisotopic (exact) mass is 255 g/mol. The average molecular weight is 255 g/mol. The fourth-order valence-electron chi connectivity index (χ4n) is 1.69. The van der Waals surface area contributed by atoms with Crippen molar-refractivity contribution < 1.29 is 19.5 Å². The van der Waals surface area contributed by atoms with Gasteiger partial charge in [0.05, 0.1) is 0 Å². The molecule has 7 heteroatoms.